The maximum Gasteiger partial charge on any atom is 0.307 e. The molecule has 1 unspecified atom stereocenters. The molecule has 0 aromatic heterocycles. The summed E-state index contributed by atoms with van der Waals surface area (Å²) in [5.41, 5.74) is -1.59. The van der Waals surface area contributed by atoms with E-state index in [4.69, 9.17) is 0 Å². The van der Waals surface area contributed by atoms with Gasteiger partial charge < -0.3 is 9.29 Å². The zero-order valence-corrected chi connectivity index (χ0v) is 8.46. The first-order valence-corrected chi connectivity index (χ1v) is 5.49. The zero-order chi connectivity index (χ0) is 10.5. The molecular formula is C7H13O5S-. The molecule has 0 saturated carbocycles. The molecule has 0 bridgehead atoms. The Morgan fingerprint density at radius 3 is 2.46 bits per heavy atom. The van der Waals surface area contributed by atoms with E-state index in [-0.39, 0.29) is 6.42 Å². The Morgan fingerprint density at radius 1 is 1.54 bits per heavy atom. The van der Waals surface area contributed by atoms with Crippen LogP contribution in [0.3, 0.4) is 0 Å². The summed E-state index contributed by atoms with van der Waals surface area (Å²) < 4.78 is 35.3. The Labute approximate surface area is 77.8 Å². The number of carbonyl (C=O) groups excluding carboxylic acids is 1. The summed E-state index contributed by atoms with van der Waals surface area (Å²) in [6.45, 7) is 2.94. The molecule has 0 aromatic carbocycles. The molecule has 0 heterocycles. The SMILES string of the molecule is CCCCC(=O)OC(C)S(=O)(=O)[O-]. The molecule has 0 saturated heterocycles. The molecule has 0 fully saturated rings. The van der Waals surface area contributed by atoms with Gasteiger partial charge in [-0.15, -0.1) is 0 Å². The minimum absolute atomic E-state index is 0.149. The lowest BCUT2D eigenvalue weighted by Gasteiger charge is -2.16. The highest BCUT2D eigenvalue weighted by Crippen LogP contribution is 2.03. The third-order valence-corrected chi connectivity index (χ3v) is 2.35. The summed E-state index contributed by atoms with van der Waals surface area (Å²) in [7, 11) is -4.52. The average molecular weight is 209 g/mol. The lowest BCUT2D eigenvalue weighted by molar-refractivity contribution is -0.145. The molecule has 0 rings (SSSR count). The van der Waals surface area contributed by atoms with E-state index >= 15 is 0 Å². The van der Waals surface area contributed by atoms with Crippen LogP contribution in [0.1, 0.15) is 33.1 Å². The van der Waals surface area contributed by atoms with E-state index < -0.39 is 21.5 Å². The van der Waals surface area contributed by atoms with Crippen LogP contribution < -0.4 is 0 Å². The highest BCUT2D eigenvalue weighted by Gasteiger charge is 2.14. The fourth-order valence-corrected chi connectivity index (χ4v) is 0.849. The van der Waals surface area contributed by atoms with Gasteiger partial charge in [0.05, 0.1) is 0 Å². The number of rotatable bonds is 5. The smallest absolute Gasteiger partial charge is 0.307 e. The first-order valence-electron chi connectivity index (χ1n) is 4.02. The van der Waals surface area contributed by atoms with Crippen LogP contribution >= 0.6 is 0 Å². The van der Waals surface area contributed by atoms with Crippen molar-refractivity contribution in [2.75, 3.05) is 0 Å². The first-order chi connectivity index (χ1) is 5.88. The number of esters is 1. The highest BCUT2D eigenvalue weighted by atomic mass is 32.2. The third kappa shape index (κ3) is 5.59. The van der Waals surface area contributed by atoms with Gasteiger partial charge in [0.25, 0.3) is 0 Å². The van der Waals surface area contributed by atoms with Crippen molar-refractivity contribution in [3.63, 3.8) is 0 Å². The first kappa shape index (κ1) is 12.4. The average Bonchev–Trinajstić information content (AvgIpc) is 1.99. The lowest BCUT2D eigenvalue weighted by Crippen LogP contribution is -2.23. The molecule has 0 aliphatic heterocycles. The second-order valence-electron chi connectivity index (χ2n) is 2.65. The third-order valence-electron chi connectivity index (χ3n) is 1.44. The van der Waals surface area contributed by atoms with Crippen molar-refractivity contribution in [1.29, 1.82) is 0 Å². The monoisotopic (exact) mass is 209 g/mol. The van der Waals surface area contributed by atoms with Crippen LogP contribution in [0.2, 0.25) is 0 Å². The van der Waals surface area contributed by atoms with E-state index in [1.165, 1.54) is 0 Å². The summed E-state index contributed by atoms with van der Waals surface area (Å²) in [4.78, 5) is 10.8. The molecular weight excluding hydrogens is 196 g/mol. The van der Waals surface area contributed by atoms with Crippen molar-refractivity contribution in [3.8, 4) is 0 Å². The van der Waals surface area contributed by atoms with Gasteiger partial charge in [0.15, 0.2) is 5.44 Å². The van der Waals surface area contributed by atoms with Crippen LogP contribution in [0.15, 0.2) is 0 Å². The summed E-state index contributed by atoms with van der Waals surface area (Å²) in [6.07, 6.45) is 1.59. The van der Waals surface area contributed by atoms with Gasteiger partial charge in [0.2, 0.25) is 0 Å². The quantitative estimate of drug-likeness (QED) is 0.489. The standard InChI is InChI=1S/C7H14O5S/c1-3-4-5-7(8)12-6(2)13(9,10)11/h6H,3-5H2,1-2H3,(H,9,10,11)/p-1. The predicted octanol–water partition coefficient (Wildman–Crippen LogP) is 0.611. The molecule has 0 amide bonds. The molecule has 0 aromatic rings. The minimum Gasteiger partial charge on any atom is -0.745 e. The molecule has 78 valence electrons. The molecule has 0 aliphatic carbocycles. The van der Waals surface area contributed by atoms with Gasteiger partial charge in [-0.3, -0.25) is 4.79 Å². The zero-order valence-electron chi connectivity index (χ0n) is 7.65. The van der Waals surface area contributed by atoms with E-state index in [0.717, 1.165) is 13.3 Å². The number of ether oxygens (including phenoxy) is 1. The van der Waals surface area contributed by atoms with Crippen molar-refractivity contribution in [1.82, 2.24) is 0 Å². The van der Waals surface area contributed by atoms with Crippen molar-refractivity contribution in [2.45, 2.75) is 38.5 Å². The Bertz CT molecular complexity index is 256. The number of carbonyl (C=O) groups is 1. The largest absolute Gasteiger partial charge is 0.745 e. The molecule has 0 N–H and O–H groups in total. The second kappa shape index (κ2) is 5.18. The Morgan fingerprint density at radius 2 is 2.08 bits per heavy atom. The molecule has 6 heteroatoms. The molecule has 5 nitrogen and oxygen atoms in total. The Balaban J connectivity index is 3.93. The van der Waals surface area contributed by atoms with Gasteiger partial charge in [0, 0.05) is 6.42 Å². The number of hydrogen-bond donors (Lipinski definition) is 0. The van der Waals surface area contributed by atoms with Gasteiger partial charge in [-0.05, 0) is 13.3 Å². The topological polar surface area (TPSA) is 83.5 Å². The normalized spacial score (nSPS) is 13.8. The fourth-order valence-electron chi connectivity index (χ4n) is 0.624. The van der Waals surface area contributed by atoms with Crippen LogP contribution in [0.5, 0.6) is 0 Å². The highest BCUT2D eigenvalue weighted by molar-refractivity contribution is 7.86. The van der Waals surface area contributed by atoms with E-state index in [1.807, 2.05) is 6.92 Å². The van der Waals surface area contributed by atoms with Gasteiger partial charge in [0.1, 0.15) is 10.1 Å². The van der Waals surface area contributed by atoms with Gasteiger partial charge in [-0.25, -0.2) is 8.42 Å². The number of unbranched alkanes of at least 4 members (excludes halogenated alkanes) is 1. The van der Waals surface area contributed by atoms with Crippen molar-refractivity contribution in [3.05, 3.63) is 0 Å². The van der Waals surface area contributed by atoms with Crippen molar-refractivity contribution in [2.24, 2.45) is 0 Å². The van der Waals surface area contributed by atoms with E-state index in [9.17, 15) is 17.8 Å². The Kier molecular flexibility index (Phi) is 4.94. The number of hydrogen-bond acceptors (Lipinski definition) is 5. The van der Waals surface area contributed by atoms with Gasteiger partial charge in [-0.1, -0.05) is 13.3 Å². The summed E-state index contributed by atoms with van der Waals surface area (Å²) in [6, 6.07) is 0. The minimum atomic E-state index is -4.52. The lowest BCUT2D eigenvalue weighted by atomic mass is 10.2. The molecule has 1 atom stereocenters. The van der Waals surface area contributed by atoms with Gasteiger partial charge >= 0.3 is 5.97 Å². The van der Waals surface area contributed by atoms with E-state index in [1.54, 1.807) is 0 Å². The predicted molar refractivity (Wildman–Crippen MR) is 44.8 cm³/mol. The maximum atomic E-state index is 10.8. The summed E-state index contributed by atoms with van der Waals surface area (Å²) in [5.74, 6) is -0.645. The maximum absolute atomic E-state index is 10.8. The van der Waals surface area contributed by atoms with Gasteiger partial charge in [-0.2, -0.15) is 0 Å². The molecule has 13 heavy (non-hydrogen) atoms. The fraction of sp³-hybridized carbons (Fsp3) is 0.857. The van der Waals surface area contributed by atoms with E-state index in [0.29, 0.717) is 6.42 Å². The molecule has 0 radical (unpaired) electrons. The molecule has 0 spiro atoms. The Hall–Kier alpha value is -0.620. The van der Waals surface area contributed by atoms with Crippen LogP contribution in [-0.4, -0.2) is 24.4 Å². The molecule has 0 aliphatic rings. The van der Waals surface area contributed by atoms with E-state index in [2.05, 4.69) is 4.74 Å². The van der Waals surface area contributed by atoms with Crippen LogP contribution in [0, 0.1) is 0 Å². The van der Waals surface area contributed by atoms with Crippen LogP contribution in [0.4, 0.5) is 0 Å². The van der Waals surface area contributed by atoms with Crippen LogP contribution in [0.25, 0.3) is 0 Å². The van der Waals surface area contributed by atoms with Crippen molar-refractivity contribution >= 4 is 16.1 Å². The van der Waals surface area contributed by atoms with Crippen molar-refractivity contribution < 1.29 is 22.5 Å². The summed E-state index contributed by atoms with van der Waals surface area (Å²) in [5, 5.41) is 0. The summed E-state index contributed by atoms with van der Waals surface area (Å²) >= 11 is 0. The second-order valence-corrected chi connectivity index (χ2v) is 4.30. The van der Waals surface area contributed by atoms with Crippen LogP contribution in [-0.2, 0) is 19.6 Å².